The fraction of sp³-hybridized carbons (Fsp3) is 0.600. The van der Waals surface area contributed by atoms with E-state index in [9.17, 15) is 0 Å². The Hall–Kier alpha value is 0.0600. The van der Waals surface area contributed by atoms with Gasteiger partial charge in [-0.3, -0.25) is 0 Å². The molecule has 0 N–H and O–H groups in total. The first-order valence-electron chi connectivity index (χ1n) is 9.17. The Balaban J connectivity index is 2.43. The van der Waals surface area contributed by atoms with Gasteiger partial charge < -0.3 is 0 Å². The zero-order valence-corrected chi connectivity index (χ0v) is 19.1. The molecule has 0 radical (unpaired) electrons. The van der Waals surface area contributed by atoms with Crippen molar-refractivity contribution in [3.8, 4) is 0 Å². The molecule has 0 atom stereocenters. The van der Waals surface area contributed by atoms with Gasteiger partial charge in [-0.15, -0.1) is 0 Å². The summed E-state index contributed by atoms with van der Waals surface area (Å²) in [5.74, 6) is -0.596. The van der Waals surface area contributed by atoms with Gasteiger partial charge in [0.05, 0.1) is 0 Å². The molecular formula is C20H33SiZr. The van der Waals surface area contributed by atoms with Crippen LogP contribution in [-0.2, 0) is 20.9 Å². The van der Waals surface area contributed by atoms with E-state index in [1.54, 1.807) is 22.3 Å². The van der Waals surface area contributed by atoms with Crippen LogP contribution in [0.25, 0.3) is 0 Å². The van der Waals surface area contributed by atoms with Crippen molar-refractivity contribution in [3.05, 3.63) is 41.0 Å². The van der Waals surface area contributed by atoms with Crippen molar-refractivity contribution in [2.45, 2.75) is 79.3 Å². The molecule has 0 aromatic rings. The first kappa shape index (κ1) is 18.4. The molecule has 121 valence electrons. The van der Waals surface area contributed by atoms with Crippen LogP contribution in [0.2, 0.25) is 13.1 Å². The topological polar surface area (TPSA) is 0 Å². The second kappa shape index (κ2) is 8.25. The van der Waals surface area contributed by atoms with Crippen molar-refractivity contribution in [1.29, 1.82) is 0 Å². The minimum atomic E-state index is -1.65. The molecule has 0 spiro atoms. The van der Waals surface area contributed by atoms with Gasteiger partial charge in [0.1, 0.15) is 0 Å². The summed E-state index contributed by atoms with van der Waals surface area (Å²) >= 11 is -1.65. The summed E-state index contributed by atoms with van der Waals surface area (Å²) in [7, 11) is 0. The molecule has 0 heterocycles. The molecule has 2 rings (SSSR count). The Morgan fingerprint density at radius 3 is 1.59 bits per heavy atom. The van der Waals surface area contributed by atoms with Gasteiger partial charge in [0, 0.05) is 0 Å². The first-order valence-corrected chi connectivity index (χ1v) is 18.8. The fourth-order valence-electron chi connectivity index (χ4n) is 4.01. The first-order chi connectivity index (χ1) is 10.5. The van der Waals surface area contributed by atoms with Gasteiger partial charge in [0.15, 0.2) is 0 Å². The average molecular weight is 393 g/mol. The SMILES string of the molecule is CCCC1=CCC(C)=[C]1[Zr]([C]1=C(C)CC=C1CCC)[SiH](C)C. The Morgan fingerprint density at radius 2 is 1.27 bits per heavy atom. The summed E-state index contributed by atoms with van der Waals surface area (Å²) in [4.78, 5) is 0. The van der Waals surface area contributed by atoms with E-state index in [2.05, 4.69) is 52.9 Å². The average Bonchev–Trinajstić information content (AvgIpc) is 2.99. The van der Waals surface area contributed by atoms with Gasteiger partial charge in [-0.1, -0.05) is 0 Å². The third-order valence-corrected chi connectivity index (χ3v) is 24.4. The van der Waals surface area contributed by atoms with E-state index in [4.69, 9.17) is 0 Å². The summed E-state index contributed by atoms with van der Waals surface area (Å²) in [6, 6.07) is 0. The van der Waals surface area contributed by atoms with E-state index in [0.717, 1.165) is 0 Å². The molecule has 0 aromatic heterocycles. The third kappa shape index (κ3) is 3.75. The maximum absolute atomic E-state index is 2.64. The number of hydrogen-bond acceptors (Lipinski definition) is 0. The van der Waals surface area contributed by atoms with E-state index in [1.807, 2.05) is 6.56 Å². The molecule has 2 heteroatoms. The summed E-state index contributed by atoms with van der Waals surface area (Å²) < 4.78 is 3.90. The predicted octanol–water partition coefficient (Wildman–Crippen LogP) is 6.40. The van der Waals surface area contributed by atoms with Crippen LogP contribution >= 0.6 is 0 Å². The van der Waals surface area contributed by atoms with Crippen LogP contribution in [0.1, 0.15) is 66.2 Å². The van der Waals surface area contributed by atoms with Crippen molar-refractivity contribution in [2.75, 3.05) is 0 Å². The zero-order chi connectivity index (χ0) is 16.3. The molecule has 22 heavy (non-hydrogen) atoms. The molecule has 0 unspecified atom stereocenters. The van der Waals surface area contributed by atoms with Crippen LogP contribution in [0, 0.1) is 0 Å². The second-order valence-corrected chi connectivity index (χ2v) is 26.0. The van der Waals surface area contributed by atoms with Gasteiger partial charge in [0.2, 0.25) is 0 Å². The van der Waals surface area contributed by atoms with Gasteiger partial charge in [0.25, 0.3) is 0 Å². The van der Waals surface area contributed by atoms with Gasteiger partial charge in [-0.2, -0.15) is 0 Å². The normalized spacial score (nSPS) is 18.5. The van der Waals surface area contributed by atoms with Crippen molar-refractivity contribution in [3.63, 3.8) is 0 Å². The molecule has 0 saturated carbocycles. The second-order valence-electron chi connectivity index (χ2n) is 7.25. The van der Waals surface area contributed by atoms with Gasteiger partial charge in [-0.05, 0) is 0 Å². The summed E-state index contributed by atoms with van der Waals surface area (Å²) in [5, 5.41) is 0. The van der Waals surface area contributed by atoms with E-state index >= 15 is 0 Å². The molecule has 0 amide bonds. The Morgan fingerprint density at radius 1 is 0.864 bits per heavy atom. The van der Waals surface area contributed by atoms with Crippen molar-refractivity contribution < 1.29 is 20.9 Å². The van der Waals surface area contributed by atoms with E-state index in [-0.39, 0.29) is 0 Å². The van der Waals surface area contributed by atoms with Crippen molar-refractivity contribution in [1.82, 2.24) is 0 Å². The molecule has 0 bridgehead atoms. The van der Waals surface area contributed by atoms with E-state index in [0.29, 0.717) is 0 Å². The van der Waals surface area contributed by atoms with E-state index in [1.165, 1.54) is 38.5 Å². The standard InChI is InChI=1S/2C9H13.C2H7Si.Zr/c2*1-3-4-9-6-5-8(2)7-9;1-3-2;/h2*6H,3-5H2,1-2H3;3H,1-2H3;. The van der Waals surface area contributed by atoms with Gasteiger partial charge in [-0.25, -0.2) is 0 Å². The monoisotopic (exact) mass is 391 g/mol. The molecule has 0 saturated heterocycles. The van der Waals surface area contributed by atoms with Crippen molar-refractivity contribution >= 4 is 5.92 Å². The predicted molar refractivity (Wildman–Crippen MR) is 99.5 cm³/mol. The van der Waals surface area contributed by atoms with Crippen LogP contribution in [-0.4, -0.2) is 5.92 Å². The number of hydrogen-bond donors (Lipinski definition) is 0. The molecule has 0 nitrogen and oxygen atoms in total. The fourth-order valence-corrected chi connectivity index (χ4v) is 25.0. The van der Waals surface area contributed by atoms with Crippen LogP contribution in [0.3, 0.4) is 0 Å². The van der Waals surface area contributed by atoms with Gasteiger partial charge >= 0.3 is 147 Å². The van der Waals surface area contributed by atoms with Crippen LogP contribution in [0.5, 0.6) is 0 Å². The van der Waals surface area contributed by atoms with Crippen LogP contribution < -0.4 is 0 Å². The van der Waals surface area contributed by atoms with Crippen LogP contribution in [0.4, 0.5) is 0 Å². The Labute approximate surface area is 146 Å². The maximum atomic E-state index is 2.64. The molecule has 2 aliphatic rings. The molecular weight excluding hydrogens is 360 g/mol. The third-order valence-electron chi connectivity index (χ3n) is 4.96. The summed E-state index contributed by atoms with van der Waals surface area (Å²) in [5.41, 5.74) is 7.00. The Kier molecular flexibility index (Phi) is 6.90. The number of rotatable bonds is 7. The van der Waals surface area contributed by atoms with Crippen LogP contribution in [0.15, 0.2) is 41.0 Å². The van der Waals surface area contributed by atoms with Crippen molar-refractivity contribution in [2.24, 2.45) is 0 Å². The molecule has 2 aliphatic carbocycles. The summed E-state index contributed by atoms with van der Waals surface area (Å²) in [6.45, 7) is 14.8. The van der Waals surface area contributed by atoms with E-state index < -0.39 is 26.8 Å². The molecule has 0 aliphatic heterocycles. The zero-order valence-electron chi connectivity index (χ0n) is 15.5. The summed E-state index contributed by atoms with van der Waals surface area (Å²) in [6.07, 6.45) is 12.9. The number of allylic oxidation sites excluding steroid dienone is 8. The Bertz CT molecular complexity index is 500. The molecule has 0 fully saturated rings. The molecule has 0 aromatic carbocycles. The quantitative estimate of drug-likeness (QED) is 0.440. The minimum absolute atomic E-state index is 0.596.